The normalized spacial score (nSPS) is 19.2. The van der Waals surface area contributed by atoms with Crippen molar-refractivity contribution in [1.82, 2.24) is 4.90 Å². The number of hydrogen-bond acceptors (Lipinski definition) is 5. The molecule has 2 heterocycles. The van der Waals surface area contributed by atoms with Gasteiger partial charge >= 0.3 is 11.8 Å². The third-order valence-corrected chi connectivity index (χ3v) is 4.35. The van der Waals surface area contributed by atoms with Gasteiger partial charge in [-0.3, -0.25) is 9.59 Å². The summed E-state index contributed by atoms with van der Waals surface area (Å²) in [4.78, 5) is 27.8. The van der Waals surface area contributed by atoms with Crippen molar-refractivity contribution < 1.29 is 19.4 Å². The van der Waals surface area contributed by atoms with Gasteiger partial charge in [0.1, 0.15) is 0 Å². The first-order valence-electron chi connectivity index (χ1n) is 8.40. The van der Waals surface area contributed by atoms with Crippen molar-refractivity contribution in [1.29, 1.82) is 0 Å². The molecular formula is C18H22N2O4. The van der Waals surface area contributed by atoms with Crippen molar-refractivity contribution in [2.75, 3.05) is 31.1 Å². The number of nitrogens with zero attached hydrogens (tertiary/aromatic N) is 2. The first-order chi connectivity index (χ1) is 11.7. The van der Waals surface area contributed by atoms with Gasteiger partial charge in [0.05, 0.1) is 12.3 Å². The number of piperidine rings is 1. The van der Waals surface area contributed by atoms with Gasteiger partial charge in [0.15, 0.2) is 0 Å². The van der Waals surface area contributed by atoms with E-state index < -0.39 is 17.6 Å². The lowest BCUT2D eigenvalue weighted by atomic mass is 10.1. The summed E-state index contributed by atoms with van der Waals surface area (Å²) in [6.07, 6.45) is 4.50. The largest absolute Gasteiger partial charge is 0.500 e. The molecule has 0 spiro atoms. The second kappa shape index (κ2) is 7.49. The van der Waals surface area contributed by atoms with E-state index in [1.54, 1.807) is 30.3 Å². The summed E-state index contributed by atoms with van der Waals surface area (Å²) in [6, 6.07) is 8.53. The Hall–Kier alpha value is -2.34. The highest BCUT2D eigenvalue weighted by atomic mass is 16.5. The Labute approximate surface area is 141 Å². The molecule has 0 radical (unpaired) electrons. The standard InChI is InChI=1S/C18H22N2O4/c21-15-16(24-13-7-12-19-10-5-2-6-11-19)18(23)20(17(15)22)14-8-3-1-4-9-14/h1,3-4,8-9,21H,2,5-7,10-13H2. The number of carbonyl (C=O) groups excluding carboxylic acids is 2. The number of aliphatic hydroxyl groups is 1. The summed E-state index contributed by atoms with van der Waals surface area (Å²) >= 11 is 0. The molecule has 3 rings (SSSR count). The van der Waals surface area contributed by atoms with Crippen LogP contribution in [0.1, 0.15) is 25.7 Å². The van der Waals surface area contributed by atoms with Gasteiger partial charge in [-0.05, 0) is 44.5 Å². The molecule has 1 saturated heterocycles. The van der Waals surface area contributed by atoms with Gasteiger partial charge in [-0.15, -0.1) is 0 Å². The van der Waals surface area contributed by atoms with Crippen molar-refractivity contribution in [2.24, 2.45) is 0 Å². The summed E-state index contributed by atoms with van der Waals surface area (Å²) in [5, 5.41) is 9.94. The molecule has 6 heteroatoms. The van der Waals surface area contributed by atoms with Crippen LogP contribution in [0.4, 0.5) is 5.69 Å². The van der Waals surface area contributed by atoms with Gasteiger partial charge in [-0.25, -0.2) is 4.90 Å². The SMILES string of the molecule is O=C1C(O)=C(OCCCN2CCCCC2)C(=O)N1c1ccccc1. The van der Waals surface area contributed by atoms with E-state index in [0.717, 1.165) is 31.0 Å². The zero-order valence-electron chi connectivity index (χ0n) is 13.6. The number of benzene rings is 1. The molecule has 2 amide bonds. The molecule has 0 aliphatic carbocycles. The second-order valence-corrected chi connectivity index (χ2v) is 6.06. The molecule has 0 saturated carbocycles. The Morgan fingerprint density at radius 2 is 1.71 bits per heavy atom. The number of imide groups is 1. The predicted molar refractivity (Wildman–Crippen MR) is 89.4 cm³/mol. The number of amides is 2. The highest BCUT2D eigenvalue weighted by Gasteiger charge is 2.41. The molecule has 0 aromatic heterocycles. The van der Waals surface area contributed by atoms with Crippen LogP contribution >= 0.6 is 0 Å². The number of rotatable bonds is 6. The predicted octanol–water partition coefficient (Wildman–Crippen LogP) is 2.22. The fourth-order valence-corrected chi connectivity index (χ4v) is 3.09. The molecule has 1 aromatic carbocycles. The Balaban J connectivity index is 1.55. The number of para-hydroxylation sites is 1. The minimum absolute atomic E-state index is 0.248. The van der Waals surface area contributed by atoms with E-state index in [1.807, 2.05) is 0 Å². The average Bonchev–Trinajstić information content (AvgIpc) is 2.83. The first kappa shape index (κ1) is 16.5. The van der Waals surface area contributed by atoms with Gasteiger partial charge in [0, 0.05) is 6.54 Å². The van der Waals surface area contributed by atoms with Gasteiger partial charge in [-0.2, -0.15) is 0 Å². The smallest absolute Gasteiger partial charge is 0.304 e. The summed E-state index contributed by atoms with van der Waals surface area (Å²) in [6.45, 7) is 3.41. The lowest BCUT2D eigenvalue weighted by Gasteiger charge is -2.26. The van der Waals surface area contributed by atoms with E-state index in [2.05, 4.69) is 4.90 Å². The van der Waals surface area contributed by atoms with Crippen LogP contribution in [0, 0.1) is 0 Å². The molecule has 0 bridgehead atoms. The Bertz CT molecular complexity index is 636. The third-order valence-electron chi connectivity index (χ3n) is 4.35. The first-order valence-corrected chi connectivity index (χ1v) is 8.40. The number of aliphatic hydroxyl groups excluding tert-OH is 1. The fraction of sp³-hybridized carbons (Fsp3) is 0.444. The minimum Gasteiger partial charge on any atom is -0.500 e. The molecule has 1 N–H and O–H groups in total. The lowest BCUT2D eigenvalue weighted by molar-refractivity contribution is -0.122. The quantitative estimate of drug-likeness (QED) is 0.640. The van der Waals surface area contributed by atoms with Gasteiger partial charge in [0.2, 0.25) is 11.5 Å². The van der Waals surface area contributed by atoms with E-state index >= 15 is 0 Å². The summed E-state index contributed by atoms with van der Waals surface area (Å²) < 4.78 is 5.43. The number of likely N-dealkylation sites (tertiary alicyclic amines) is 1. The maximum Gasteiger partial charge on any atom is 0.304 e. The Morgan fingerprint density at radius 1 is 1.00 bits per heavy atom. The van der Waals surface area contributed by atoms with E-state index in [9.17, 15) is 14.7 Å². The minimum atomic E-state index is -0.739. The van der Waals surface area contributed by atoms with Crippen molar-refractivity contribution in [3.8, 4) is 0 Å². The number of carbonyl (C=O) groups is 2. The van der Waals surface area contributed by atoms with Gasteiger partial charge in [0.25, 0.3) is 0 Å². The zero-order chi connectivity index (χ0) is 16.9. The van der Waals surface area contributed by atoms with Crippen molar-refractivity contribution >= 4 is 17.5 Å². The average molecular weight is 330 g/mol. The molecule has 24 heavy (non-hydrogen) atoms. The van der Waals surface area contributed by atoms with Crippen LogP contribution in [0.3, 0.4) is 0 Å². The maximum absolute atomic E-state index is 12.4. The fourth-order valence-electron chi connectivity index (χ4n) is 3.09. The maximum atomic E-state index is 12.4. The van der Waals surface area contributed by atoms with E-state index in [4.69, 9.17) is 4.74 Å². The monoisotopic (exact) mass is 330 g/mol. The molecule has 1 aromatic rings. The van der Waals surface area contributed by atoms with Crippen LogP contribution in [-0.4, -0.2) is 48.1 Å². The van der Waals surface area contributed by atoms with Crippen LogP contribution in [-0.2, 0) is 14.3 Å². The number of anilines is 1. The van der Waals surface area contributed by atoms with Crippen molar-refractivity contribution in [3.05, 3.63) is 41.9 Å². The summed E-state index contributed by atoms with van der Waals surface area (Å²) in [5.74, 6) is -2.21. The van der Waals surface area contributed by atoms with Crippen molar-refractivity contribution in [2.45, 2.75) is 25.7 Å². The Morgan fingerprint density at radius 3 is 2.42 bits per heavy atom. The molecule has 2 aliphatic heterocycles. The summed E-state index contributed by atoms with van der Waals surface area (Å²) in [7, 11) is 0. The highest BCUT2D eigenvalue weighted by Crippen LogP contribution is 2.26. The molecule has 2 aliphatic rings. The number of ether oxygens (including phenoxy) is 1. The molecular weight excluding hydrogens is 308 g/mol. The molecule has 6 nitrogen and oxygen atoms in total. The second-order valence-electron chi connectivity index (χ2n) is 6.06. The Kier molecular flexibility index (Phi) is 5.15. The van der Waals surface area contributed by atoms with E-state index in [0.29, 0.717) is 12.3 Å². The molecule has 0 atom stereocenters. The number of hydrogen-bond donors (Lipinski definition) is 1. The van der Waals surface area contributed by atoms with Crippen LogP contribution in [0.2, 0.25) is 0 Å². The molecule has 0 unspecified atom stereocenters. The molecule has 128 valence electrons. The van der Waals surface area contributed by atoms with Crippen LogP contribution in [0.15, 0.2) is 41.9 Å². The van der Waals surface area contributed by atoms with Gasteiger partial charge in [-0.1, -0.05) is 24.6 Å². The van der Waals surface area contributed by atoms with E-state index in [1.165, 1.54) is 19.3 Å². The topological polar surface area (TPSA) is 70.1 Å². The highest BCUT2D eigenvalue weighted by molar-refractivity contribution is 6.31. The van der Waals surface area contributed by atoms with Crippen molar-refractivity contribution in [3.63, 3.8) is 0 Å². The van der Waals surface area contributed by atoms with Crippen LogP contribution in [0.5, 0.6) is 0 Å². The zero-order valence-corrected chi connectivity index (χ0v) is 13.6. The lowest BCUT2D eigenvalue weighted by Crippen LogP contribution is -2.32. The third kappa shape index (κ3) is 3.43. The molecule has 1 fully saturated rings. The van der Waals surface area contributed by atoms with E-state index in [-0.39, 0.29) is 5.76 Å². The summed E-state index contributed by atoms with van der Waals surface area (Å²) in [5.41, 5.74) is 0.422. The van der Waals surface area contributed by atoms with Crippen LogP contribution < -0.4 is 4.90 Å². The van der Waals surface area contributed by atoms with Crippen LogP contribution in [0.25, 0.3) is 0 Å². The van der Waals surface area contributed by atoms with Gasteiger partial charge < -0.3 is 14.7 Å².